The van der Waals surface area contributed by atoms with Crippen LogP contribution in [0.1, 0.15) is 22.8 Å². The molecule has 0 aromatic heterocycles. The monoisotopic (exact) mass is 556 g/mol. The SMILES string of the molecule is CC(Oc1cccc2ccccc12)C(=O)N/N=C/c1c(OC(=O)c2ccc(Cl)cc2Cl)ccc2ccccc12. The molecule has 0 fully saturated rings. The van der Waals surface area contributed by atoms with E-state index >= 15 is 0 Å². The Morgan fingerprint density at radius 3 is 2.28 bits per heavy atom. The van der Waals surface area contributed by atoms with E-state index in [0.29, 0.717) is 16.3 Å². The largest absolute Gasteiger partial charge is 0.480 e. The molecular formula is C31H22Cl2N2O4. The van der Waals surface area contributed by atoms with Crippen LogP contribution in [0, 0.1) is 0 Å². The number of benzene rings is 5. The third-order valence-electron chi connectivity index (χ3n) is 6.08. The van der Waals surface area contributed by atoms with Gasteiger partial charge in [0.15, 0.2) is 6.10 Å². The fourth-order valence-electron chi connectivity index (χ4n) is 4.10. The summed E-state index contributed by atoms with van der Waals surface area (Å²) in [5, 5.41) is 8.34. The highest BCUT2D eigenvalue weighted by Crippen LogP contribution is 2.29. The molecule has 1 atom stereocenters. The minimum atomic E-state index is -0.815. The van der Waals surface area contributed by atoms with Gasteiger partial charge in [-0.15, -0.1) is 0 Å². The van der Waals surface area contributed by atoms with Crippen LogP contribution in [0.25, 0.3) is 21.5 Å². The molecule has 39 heavy (non-hydrogen) atoms. The molecular weight excluding hydrogens is 535 g/mol. The lowest BCUT2D eigenvalue weighted by atomic mass is 10.0. The molecule has 1 N–H and O–H groups in total. The quantitative estimate of drug-likeness (QED) is 0.0977. The van der Waals surface area contributed by atoms with E-state index in [1.165, 1.54) is 18.3 Å². The third-order valence-corrected chi connectivity index (χ3v) is 6.62. The Bertz CT molecular complexity index is 1730. The van der Waals surface area contributed by atoms with Crippen LogP contribution in [-0.4, -0.2) is 24.2 Å². The van der Waals surface area contributed by atoms with Gasteiger partial charge in [-0.2, -0.15) is 5.10 Å². The van der Waals surface area contributed by atoms with E-state index < -0.39 is 18.0 Å². The van der Waals surface area contributed by atoms with Gasteiger partial charge in [-0.05, 0) is 53.4 Å². The summed E-state index contributed by atoms with van der Waals surface area (Å²) in [5.74, 6) is -0.236. The number of fused-ring (bicyclic) bond motifs is 2. The van der Waals surface area contributed by atoms with Crippen LogP contribution in [0.4, 0.5) is 0 Å². The van der Waals surface area contributed by atoms with Crippen molar-refractivity contribution in [1.82, 2.24) is 5.43 Å². The van der Waals surface area contributed by atoms with Gasteiger partial charge in [-0.1, -0.05) is 89.9 Å². The van der Waals surface area contributed by atoms with Crippen molar-refractivity contribution in [2.24, 2.45) is 5.10 Å². The Kier molecular flexibility index (Phi) is 7.77. The second-order valence-electron chi connectivity index (χ2n) is 8.68. The number of amides is 1. The number of hydrogen-bond donors (Lipinski definition) is 1. The normalized spacial score (nSPS) is 12.0. The maximum Gasteiger partial charge on any atom is 0.345 e. The number of rotatable bonds is 7. The lowest BCUT2D eigenvalue weighted by molar-refractivity contribution is -0.127. The lowest BCUT2D eigenvalue weighted by Crippen LogP contribution is -2.33. The number of nitrogens with one attached hydrogen (secondary N) is 1. The number of carbonyl (C=O) groups excluding carboxylic acids is 2. The zero-order valence-corrected chi connectivity index (χ0v) is 22.2. The standard InChI is InChI=1S/C31H22Cl2N2O4/c1-19(38-28-12-6-9-20-7-3-5-11-24(20)28)30(36)35-34-18-26-23-10-4-2-8-21(23)13-16-29(26)39-31(37)25-15-14-22(32)17-27(25)33/h2-19H,1H3,(H,35,36)/b34-18+. The van der Waals surface area contributed by atoms with Gasteiger partial charge >= 0.3 is 5.97 Å². The van der Waals surface area contributed by atoms with Gasteiger partial charge in [0.25, 0.3) is 5.91 Å². The molecule has 1 amide bonds. The molecule has 0 aliphatic heterocycles. The summed E-state index contributed by atoms with van der Waals surface area (Å²) in [5.41, 5.74) is 3.20. The van der Waals surface area contributed by atoms with Crippen molar-refractivity contribution in [2.75, 3.05) is 0 Å². The third kappa shape index (κ3) is 5.87. The summed E-state index contributed by atoms with van der Waals surface area (Å²) in [6.45, 7) is 1.65. The average molecular weight is 557 g/mol. The maximum atomic E-state index is 12.9. The minimum absolute atomic E-state index is 0.171. The number of nitrogens with zero attached hydrogens (tertiary/aromatic N) is 1. The number of ether oxygens (including phenoxy) is 2. The number of hydrazone groups is 1. The van der Waals surface area contributed by atoms with Gasteiger partial charge in [0, 0.05) is 16.0 Å². The van der Waals surface area contributed by atoms with Crippen LogP contribution in [-0.2, 0) is 4.79 Å². The number of carbonyl (C=O) groups is 2. The van der Waals surface area contributed by atoms with Crippen molar-refractivity contribution < 1.29 is 19.1 Å². The molecule has 0 spiro atoms. The predicted octanol–water partition coefficient (Wildman–Crippen LogP) is 7.44. The summed E-state index contributed by atoms with van der Waals surface area (Å²) in [4.78, 5) is 25.7. The summed E-state index contributed by atoms with van der Waals surface area (Å²) in [7, 11) is 0. The van der Waals surface area contributed by atoms with Crippen LogP contribution in [0.15, 0.2) is 102 Å². The van der Waals surface area contributed by atoms with Crippen LogP contribution >= 0.6 is 23.2 Å². The Morgan fingerprint density at radius 1 is 0.821 bits per heavy atom. The molecule has 8 heteroatoms. The van der Waals surface area contributed by atoms with E-state index in [4.69, 9.17) is 32.7 Å². The molecule has 194 valence electrons. The second-order valence-corrected chi connectivity index (χ2v) is 9.53. The molecule has 0 saturated heterocycles. The van der Waals surface area contributed by atoms with E-state index in [0.717, 1.165) is 21.5 Å². The summed E-state index contributed by atoms with van der Waals surface area (Å²) in [6.07, 6.45) is 0.626. The number of hydrogen-bond acceptors (Lipinski definition) is 5. The molecule has 5 aromatic carbocycles. The van der Waals surface area contributed by atoms with Crippen molar-refractivity contribution in [3.05, 3.63) is 118 Å². The van der Waals surface area contributed by atoms with Crippen molar-refractivity contribution in [3.63, 3.8) is 0 Å². The molecule has 5 aromatic rings. The van der Waals surface area contributed by atoms with E-state index in [9.17, 15) is 9.59 Å². The summed E-state index contributed by atoms with van der Waals surface area (Å²) < 4.78 is 11.6. The van der Waals surface area contributed by atoms with Crippen molar-refractivity contribution in [2.45, 2.75) is 13.0 Å². The molecule has 0 radical (unpaired) electrons. The maximum absolute atomic E-state index is 12.9. The fourth-order valence-corrected chi connectivity index (χ4v) is 4.59. The first-order valence-corrected chi connectivity index (χ1v) is 12.8. The Balaban J connectivity index is 1.36. The summed E-state index contributed by atoms with van der Waals surface area (Å²) >= 11 is 12.1. The number of halogens is 2. The Labute approximate surface area is 234 Å². The zero-order valence-electron chi connectivity index (χ0n) is 20.7. The topological polar surface area (TPSA) is 77.0 Å². The lowest BCUT2D eigenvalue weighted by Gasteiger charge is -2.15. The number of esters is 1. The van der Waals surface area contributed by atoms with Crippen LogP contribution in [0.5, 0.6) is 11.5 Å². The molecule has 1 unspecified atom stereocenters. The van der Waals surface area contributed by atoms with Crippen LogP contribution < -0.4 is 14.9 Å². The molecule has 0 aliphatic carbocycles. The van der Waals surface area contributed by atoms with Crippen molar-refractivity contribution in [3.8, 4) is 11.5 Å². The van der Waals surface area contributed by atoms with Gasteiger partial charge in [-0.25, -0.2) is 10.2 Å². The Morgan fingerprint density at radius 2 is 1.51 bits per heavy atom. The van der Waals surface area contributed by atoms with E-state index in [1.54, 1.807) is 19.1 Å². The predicted molar refractivity (Wildman–Crippen MR) is 155 cm³/mol. The van der Waals surface area contributed by atoms with E-state index in [2.05, 4.69) is 10.5 Å². The minimum Gasteiger partial charge on any atom is -0.480 e. The fraction of sp³-hybridized carbons (Fsp3) is 0.0645. The van der Waals surface area contributed by atoms with E-state index in [1.807, 2.05) is 72.8 Å². The van der Waals surface area contributed by atoms with Crippen molar-refractivity contribution >= 4 is 62.8 Å². The highest BCUT2D eigenvalue weighted by molar-refractivity contribution is 6.36. The molecule has 0 aliphatic rings. The molecule has 5 rings (SSSR count). The van der Waals surface area contributed by atoms with Gasteiger partial charge in [0.1, 0.15) is 11.5 Å². The van der Waals surface area contributed by atoms with Gasteiger partial charge < -0.3 is 9.47 Å². The van der Waals surface area contributed by atoms with Crippen molar-refractivity contribution in [1.29, 1.82) is 0 Å². The van der Waals surface area contributed by atoms with Gasteiger partial charge in [0.05, 0.1) is 16.8 Å². The average Bonchev–Trinajstić information content (AvgIpc) is 2.94. The highest BCUT2D eigenvalue weighted by Gasteiger charge is 2.18. The van der Waals surface area contributed by atoms with Gasteiger partial charge in [0.2, 0.25) is 0 Å². The van der Waals surface area contributed by atoms with Crippen LogP contribution in [0.2, 0.25) is 10.0 Å². The smallest absolute Gasteiger partial charge is 0.345 e. The molecule has 0 saturated carbocycles. The second kappa shape index (κ2) is 11.6. The Hall–Kier alpha value is -4.39. The zero-order chi connectivity index (χ0) is 27.4. The first-order chi connectivity index (χ1) is 18.9. The first-order valence-electron chi connectivity index (χ1n) is 12.1. The first kappa shape index (κ1) is 26.2. The molecule has 6 nitrogen and oxygen atoms in total. The van der Waals surface area contributed by atoms with Crippen LogP contribution in [0.3, 0.4) is 0 Å². The summed E-state index contributed by atoms with van der Waals surface area (Å²) in [6, 6.07) is 29.0. The van der Waals surface area contributed by atoms with E-state index in [-0.39, 0.29) is 16.3 Å². The molecule has 0 bridgehead atoms. The van der Waals surface area contributed by atoms with Gasteiger partial charge in [-0.3, -0.25) is 4.79 Å². The molecule has 0 heterocycles. The highest BCUT2D eigenvalue weighted by atomic mass is 35.5.